The third-order valence-corrected chi connectivity index (χ3v) is 6.47. The zero-order chi connectivity index (χ0) is 13.3. The van der Waals surface area contributed by atoms with Gasteiger partial charge in [0.25, 0.3) is 0 Å². The van der Waals surface area contributed by atoms with Crippen molar-refractivity contribution >= 4 is 11.5 Å². The van der Waals surface area contributed by atoms with E-state index < -0.39 is 0 Å². The summed E-state index contributed by atoms with van der Waals surface area (Å²) >= 11 is 0. The number of benzene rings is 1. The fourth-order valence-corrected chi connectivity index (χ4v) is 6.01. The Hall–Kier alpha value is -1.31. The minimum Gasteiger partial charge on any atom is -0.374 e. The molecule has 2 nitrogen and oxygen atoms in total. The van der Waals surface area contributed by atoms with E-state index in [-0.39, 0.29) is 6.04 Å². The van der Waals surface area contributed by atoms with Crippen molar-refractivity contribution < 1.29 is 4.79 Å². The fraction of sp³-hybridized carbons (Fsp3) is 0.611. The molecule has 1 N–H and O–H groups in total. The van der Waals surface area contributed by atoms with E-state index >= 15 is 0 Å². The maximum Gasteiger partial charge on any atom is 0.187 e. The fourth-order valence-electron chi connectivity index (χ4n) is 6.01. The Morgan fingerprint density at radius 3 is 2.20 bits per heavy atom. The number of hydrogen-bond acceptors (Lipinski definition) is 2. The van der Waals surface area contributed by atoms with Gasteiger partial charge in [0, 0.05) is 11.3 Å². The number of carbonyl (C=O) groups excluding carboxylic acids is 1. The van der Waals surface area contributed by atoms with E-state index in [1.54, 1.807) is 0 Å². The Balaban J connectivity index is 1.49. The van der Waals surface area contributed by atoms with Crippen molar-refractivity contribution in [1.29, 1.82) is 0 Å². The largest absolute Gasteiger partial charge is 0.374 e. The van der Waals surface area contributed by atoms with Crippen LogP contribution in [-0.2, 0) is 0 Å². The molecule has 0 radical (unpaired) electrons. The van der Waals surface area contributed by atoms with Gasteiger partial charge in [0.05, 0.1) is 6.04 Å². The number of rotatable bonds is 1. The molecule has 5 aliphatic rings. The normalized spacial score (nSPS) is 44.5. The third kappa shape index (κ3) is 1.43. The smallest absolute Gasteiger partial charge is 0.187 e. The number of ketones is 1. The molecule has 1 atom stereocenters. The lowest BCUT2D eigenvalue weighted by atomic mass is 9.50. The van der Waals surface area contributed by atoms with Crippen molar-refractivity contribution in [2.75, 3.05) is 5.32 Å². The van der Waals surface area contributed by atoms with E-state index in [4.69, 9.17) is 0 Å². The second kappa shape index (κ2) is 3.87. The zero-order valence-electron chi connectivity index (χ0n) is 11.7. The Labute approximate surface area is 119 Å². The van der Waals surface area contributed by atoms with Crippen LogP contribution in [-0.4, -0.2) is 11.8 Å². The number of anilines is 1. The molecule has 0 spiro atoms. The molecule has 4 aliphatic carbocycles. The number of fused-ring (bicyclic) bond motifs is 1. The van der Waals surface area contributed by atoms with E-state index in [1.807, 2.05) is 18.2 Å². The van der Waals surface area contributed by atoms with Crippen molar-refractivity contribution in [2.45, 2.75) is 38.1 Å². The van der Waals surface area contributed by atoms with Crippen molar-refractivity contribution in [1.82, 2.24) is 0 Å². The predicted octanol–water partition coefficient (Wildman–Crippen LogP) is 3.74. The molecule has 1 unspecified atom stereocenters. The summed E-state index contributed by atoms with van der Waals surface area (Å²) in [5.74, 6) is 4.53. The van der Waals surface area contributed by atoms with E-state index in [0.717, 1.165) is 34.9 Å². The summed E-state index contributed by atoms with van der Waals surface area (Å²) in [6, 6.07) is 8.13. The number of Topliss-reactive ketones (excluding diaryl/α,β-unsaturated/α-hetero) is 1. The molecule has 6 rings (SSSR count). The lowest BCUT2D eigenvalue weighted by Crippen LogP contribution is -2.52. The average Bonchev–Trinajstić information content (AvgIpc) is 2.76. The van der Waals surface area contributed by atoms with E-state index in [9.17, 15) is 4.79 Å². The Morgan fingerprint density at radius 1 is 0.900 bits per heavy atom. The van der Waals surface area contributed by atoms with Gasteiger partial charge in [-0.2, -0.15) is 0 Å². The minimum absolute atomic E-state index is 0.0717. The van der Waals surface area contributed by atoms with Crippen LogP contribution in [0, 0.1) is 29.6 Å². The van der Waals surface area contributed by atoms with Crippen LogP contribution in [0.5, 0.6) is 0 Å². The van der Waals surface area contributed by atoms with Crippen LogP contribution in [0.4, 0.5) is 5.69 Å². The summed E-state index contributed by atoms with van der Waals surface area (Å²) in [6.07, 6.45) is 7.03. The molecule has 2 heteroatoms. The molecule has 0 saturated heterocycles. The molecule has 1 aliphatic heterocycles. The van der Waals surface area contributed by atoms with Crippen molar-refractivity contribution in [3.05, 3.63) is 29.8 Å². The van der Waals surface area contributed by atoms with Gasteiger partial charge in [-0.25, -0.2) is 0 Å². The summed E-state index contributed by atoms with van der Waals surface area (Å²) in [7, 11) is 0. The molecule has 4 saturated carbocycles. The second-order valence-electron chi connectivity index (χ2n) is 7.54. The van der Waals surface area contributed by atoms with Gasteiger partial charge >= 0.3 is 0 Å². The SMILES string of the molecule is O=C1c2ccccc2NC1C1C2CC3CC(C2)CC1C3. The van der Waals surface area contributed by atoms with Crippen LogP contribution in [0.25, 0.3) is 0 Å². The topological polar surface area (TPSA) is 29.1 Å². The first-order chi connectivity index (χ1) is 9.79. The number of carbonyl (C=O) groups is 1. The lowest BCUT2D eigenvalue weighted by Gasteiger charge is -2.55. The van der Waals surface area contributed by atoms with Crippen LogP contribution in [0.2, 0.25) is 0 Å². The van der Waals surface area contributed by atoms with E-state index in [2.05, 4.69) is 11.4 Å². The summed E-state index contributed by atoms with van der Waals surface area (Å²) in [5.41, 5.74) is 1.99. The standard InChI is InChI=1S/C18H21NO/c20-18-14-3-1-2-4-15(14)19-17(18)16-12-6-10-5-11(8-12)9-13(16)7-10/h1-4,10-13,16-17,19H,5-9H2. The van der Waals surface area contributed by atoms with E-state index in [0.29, 0.717) is 11.7 Å². The molecule has 1 heterocycles. The molecule has 1 aromatic carbocycles. The first-order valence-electron chi connectivity index (χ1n) is 8.19. The highest BCUT2D eigenvalue weighted by Gasteiger charge is 2.53. The molecule has 20 heavy (non-hydrogen) atoms. The molecule has 0 aromatic heterocycles. The quantitative estimate of drug-likeness (QED) is 0.840. The molecule has 4 fully saturated rings. The van der Waals surface area contributed by atoms with Crippen LogP contribution in [0.3, 0.4) is 0 Å². The molecule has 1 aromatic rings. The van der Waals surface area contributed by atoms with Gasteiger partial charge in [-0.15, -0.1) is 0 Å². The second-order valence-corrected chi connectivity index (χ2v) is 7.54. The summed E-state index contributed by atoms with van der Waals surface area (Å²) < 4.78 is 0. The zero-order valence-corrected chi connectivity index (χ0v) is 11.7. The molecular weight excluding hydrogens is 246 g/mol. The molecule has 0 amide bonds. The van der Waals surface area contributed by atoms with Crippen LogP contribution < -0.4 is 5.32 Å². The Kier molecular flexibility index (Phi) is 2.20. The first kappa shape index (κ1) is 11.4. The lowest BCUT2D eigenvalue weighted by molar-refractivity contribution is -0.0400. The maximum atomic E-state index is 12.8. The highest BCUT2D eigenvalue weighted by molar-refractivity contribution is 6.10. The molecule has 104 valence electrons. The van der Waals surface area contributed by atoms with Crippen LogP contribution >= 0.6 is 0 Å². The number of para-hydroxylation sites is 1. The maximum absolute atomic E-state index is 12.8. The molecule has 4 bridgehead atoms. The summed E-state index contributed by atoms with van der Waals surface area (Å²) in [4.78, 5) is 12.8. The average molecular weight is 267 g/mol. The summed E-state index contributed by atoms with van der Waals surface area (Å²) in [5, 5.41) is 3.56. The summed E-state index contributed by atoms with van der Waals surface area (Å²) in [6.45, 7) is 0. The molecular formula is C18H21NO. The van der Waals surface area contributed by atoms with Gasteiger partial charge < -0.3 is 5.32 Å². The van der Waals surface area contributed by atoms with E-state index in [1.165, 1.54) is 32.1 Å². The number of nitrogens with one attached hydrogen (secondary N) is 1. The minimum atomic E-state index is 0.0717. The van der Waals surface area contributed by atoms with Crippen molar-refractivity contribution in [3.8, 4) is 0 Å². The van der Waals surface area contributed by atoms with Gasteiger partial charge in [-0.3, -0.25) is 4.79 Å². The monoisotopic (exact) mass is 267 g/mol. The van der Waals surface area contributed by atoms with Gasteiger partial charge in [-0.05, 0) is 73.8 Å². The van der Waals surface area contributed by atoms with Gasteiger partial charge in [-0.1, -0.05) is 12.1 Å². The highest BCUT2D eigenvalue weighted by Crippen LogP contribution is 2.58. The predicted molar refractivity (Wildman–Crippen MR) is 78.7 cm³/mol. The Bertz CT molecular complexity index is 551. The third-order valence-electron chi connectivity index (χ3n) is 6.47. The van der Waals surface area contributed by atoms with Crippen molar-refractivity contribution in [2.24, 2.45) is 29.6 Å². The first-order valence-corrected chi connectivity index (χ1v) is 8.19. The van der Waals surface area contributed by atoms with Crippen LogP contribution in [0.1, 0.15) is 42.5 Å². The van der Waals surface area contributed by atoms with Crippen molar-refractivity contribution in [3.63, 3.8) is 0 Å². The van der Waals surface area contributed by atoms with Gasteiger partial charge in [0.2, 0.25) is 0 Å². The van der Waals surface area contributed by atoms with Gasteiger partial charge in [0.1, 0.15) is 0 Å². The van der Waals surface area contributed by atoms with Gasteiger partial charge in [0.15, 0.2) is 5.78 Å². The number of hydrogen-bond donors (Lipinski definition) is 1. The Morgan fingerprint density at radius 2 is 1.55 bits per heavy atom. The van der Waals surface area contributed by atoms with Crippen LogP contribution in [0.15, 0.2) is 24.3 Å². The highest BCUT2D eigenvalue weighted by atomic mass is 16.1.